The van der Waals surface area contributed by atoms with E-state index < -0.39 is 23.1 Å². The first kappa shape index (κ1) is 17.7. The van der Waals surface area contributed by atoms with E-state index in [1.807, 2.05) is 0 Å². The summed E-state index contributed by atoms with van der Waals surface area (Å²) in [6.07, 6.45) is 0.880. The van der Waals surface area contributed by atoms with Gasteiger partial charge in [0.2, 0.25) is 0 Å². The van der Waals surface area contributed by atoms with Crippen molar-refractivity contribution in [3.8, 4) is 5.75 Å². The number of rotatable bonds is 4. The highest BCUT2D eigenvalue weighted by Crippen LogP contribution is 2.25. The molecule has 0 N–H and O–H groups in total. The average molecular weight is 326 g/mol. The lowest BCUT2D eigenvalue weighted by Gasteiger charge is -2.43. The molecule has 0 unspecified atom stereocenters. The summed E-state index contributed by atoms with van der Waals surface area (Å²) in [6.45, 7) is 7.92. The molecule has 4 nitrogen and oxygen atoms in total. The summed E-state index contributed by atoms with van der Waals surface area (Å²) in [5.74, 6) is -2.52. The predicted octanol–water partition coefficient (Wildman–Crippen LogP) is 2.92. The van der Waals surface area contributed by atoms with Crippen LogP contribution in [0.25, 0.3) is 0 Å². The van der Waals surface area contributed by atoms with E-state index in [0.717, 1.165) is 12.5 Å². The number of methoxy groups -OCH3 is 1. The highest BCUT2D eigenvalue weighted by Gasteiger charge is 2.33. The lowest BCUT2D eigenvalue weighted by Crippen LogP contribution is -2.56. The molecule has 1 heterocycles. The minimum absolute atomic E-state index is 0.123. The Hall–Kier alpha value is -1.69. The summed E-state index contributed by atoms with van der Waals surface area (Å²) in [7, 11) is 1.29. The van der Waals surface area contributed by atoms with E-state index in [0.29, 0.717) is 25.7 Å². The molecule has 0 bridgehead atoms. The first-order valence-corrected chi connectivity index (χ1v) is 7.97. The molecule has 1 saturated heterocycles. The molecule has 2 rings (SSSR count). The van der Waals surface area contributed by atoms with Crippen LogP contribution >= 0.6 is 0 Å². The summed E-state index contributed by atoms with van der Waals surface area (Å²) in [5.41, 5.74) is -0.530. The summed E-state index contributed by atoms with van der Waals surface area (Å²) < 4.78 is 33.2. The van der Waals surface area contributed by atoms with Crippen molar-refractivity contribution in [2.24, 2.45) is 0 Å². The van der Waals surface area contributed by atoms with Crippen molar-refractivity contribution < 1.29 is 18.3 Å². The second kappa shape index (κ2) is 7.25. The van der Waals surface area contributed by atoms with Gasteiger partial charge in [-0.05, 0) is 32.4 Å². The van der Waals surface area contributed by atoms with Crippen LogP contribution in [0.5, 0.6) is 5.75 Å². The maximum Gasteiger partial charge on any atom is 0.260 e. The molecule has 1 fully saturated rings. The number of hydrogen-bond acceptors (Lipinski definition) is 3. The van der Waals surface area contributed by atoms with Crippen LogP contribution < -0.4 is 4.74 Å². The first-order valence-electron chi connectivity index (χ1n) is 7.97. The lowest BCUT2D eigenvalue weighted by atomic mass is 10.1. The van der Waals surface area contributed by atoms with Crippen molar-refractivity contribution in [2.45, 2.75) is 39.3 Å². The Morgan fingerprint density at radius 1 is 1.35 bits per heavy atom. The van der Waals surface area contributed by atoms with E-state index in [9.17, 15) is 13.6 Å². The smallest absolute Gasteiger partial charge is 0.260 e. The lowest BCUT2D eigenvalue weighted by molar-refractivity contribution is 0.0364. The number of carbonyl (C=O) groups is 1. The minimum atomic E-state index is -0.933. The van der Waals surface area contributed by atoms with Crippen LogP contribution in [0, 0.1) is 11.6 Å². The largest absolute Gasteiger partial charge is 0.494 e. The van der Waals surface area contributed by atoms with E-state index in [-0.39, 0.29) is 11.8 Å². The fourth-order valence-corrected chi connectivity index (χ4v) is 3.14. The van der Waals surface area contributed by atoms with Crippen molar-refractivity contribution in [1.82, 2.24) is 9.80 Å². The Kier molecular flexibility index (Phi) is 5.57. The van der Waals surface area contributed by atoms with Gasteiger partial charge in [0.15, 0.2) is 11.6 Å². The summed E-state index contributed by atoms with van der Waals surface area (Å²) in [6, 6.07) is 2.83. The highest BCUT2D eigenvalue weighted by atomic mass is 19.1. The zero-order valence-electron chi connectivity index (χ0n) is 14.1. The molecular formula is C17H24F2N2O2. The third kappa shape index (κ3) is 3.47. The molecule has 23 heavy (non-hydrogen) atoms. The van der Waals surface area contributed by atoms with Gasteiger partial charge in [-0.1, -0.05) is 6.92 Å². The number of carbonyl (C=O) groups excluding carboxylic acids is 1. The van der Waals surface area contributed by atoms with Gasteiger partial charge in [0.05, 0.1) is 7.11 Å². The van der Waals surface area contributed by atoms with Crippen molar-refractivity contribution >= 4 is 5.91 Å². The molecule has 1 aromatic rings. The molecule has 0 radical (unpaired) electrons. The van der Waals surface area contributed by atoms with E-state index in [2.05, 4.69) is 25.7 Å². The monoisotopic (exact) mass is 326 g/mol. The maximum absolute atomic E-state index is 14.3. The quantitative estimate of drug-likeness (QED) is 0.853. The van der Waals surface area contributed by atoms with Gasteiger partial charge in [0.1, 0.15) is 11.4 Å². The summed E-state index contributed by atoms with van der Waals surface area (Å²) in [5, 5.41) is 0. The summed E-state index contributed by atoms with van der Waals surface area (Å²) in [4.78, 5) is 16.5. The second-order valence-corrected chi connectivity index (χ2v) is 6.08. The molecule has 0 aromatic heterocycles. The summed E-state index contributed by atoms with van der Waals surface area (Å²) >= 11 is 0. The fourth-order valence-electron chi connectivity index (χ4n) is 3.14. The van der Waals surface area contributed by atoms with Gasteiger partial charge in [0.25, 0.3) is 5.91 Å². The van der Waals surface area contributed by atoms with Crippen LogP contribution in [0.4, 0.5) is 8.78 Å². The standard InChI is InChI=1S/C17H24F2N2O2/c1-5-12-10-20(8-9-21(12)11(2)3)17(22)15-13(18)6-7-14(23-4)16(15)19/h6-7,11-12H,5,8-10H2,1-4H3/t12-/m1/s1. The van der Waals surface area contributed by atoms with Crippen LogP contribution in [0.2, 0.25) is 0 Å². The predicted molar refractivity (Wildman–Crippen MR) is 84.7 cm³/mol. The zero-order chi connectivity index (χ0) is 17.1. The molecule has 6 heteroatoms. The molecule has 1 amide bonds. The average Bonchev–Trinajstić information content (AvgIpc) is 2.54. The van der Waals surface area contributed by atoms with Gasteiger partial charge in [-0.15, -0.1) is 0 Å². The number of hydrogen-bond donors (Lipinski definition) is 0. The van der Waals surface area contributed by atoms with Crippen LogP contribution in [0.3, 0.4) is 0 Å². The molecule has 0 aliphatic carbocycles. The molecule has 128 valence electrons. The zero-order valence-corrected chi connectivity index (χ0v) is 14.1. The Labute approximate surface area is 136 Å². The Morgan fingerprint density at radius 3 is 2.61 bits per heavy atom. The molecule has 1 aliphatic rings. The van der Waals surface area contributed by atoms with Crippen molar-refractivity contribution in [3.63, 3.8) is 0 Å². The SMILES string of the molecule is CC[C@@H]1CN(C(=O)c2c(F)ccc(OC)c2F)CCN1C(C)C. The van der Waals surface area contributed by atoms with Gasteiger partial charge >= 0.3 is 0 Å². The molecule has 1 atom stereocenters. The van der Waals surface area contributed by atoms with Crippen LogP contribution in [-0.4, -0.2) is 54.5 Å². The van der Waals surface area contributed by atoms with E-state index in [1.54, 1.807) is 0 Å². The third-order valence-electron chi connectivity index (χ3n) is 4.44. The minimum Gasteiger partial charge on any atom is -0.494 e. The van der Waals surface area contributed by atoms with Crippen molar-refractivity contribution in [1.29, 1.82) is 0 Å². The van der Waals surface area contributed by atoms with Gasteiger partial charge in [0, 0.05) is 31.7 Å². The Balaban J connectivity index is 2.25. The van der Waals surface area contributed by atoms with Crippen LogP contribution in [0.1, 0.15) is 37.6 Å². The number of benzene rings is 1. The highest BCUT2D eigenvalue weighted by molar-refractivity contribution is 5.95. The molecule has 0 spiro atoms. The van der Waals surface area contributed by atoms with Crippen molar-refractivity contribution in [3.05, 3.63) is 29.3 Å². The maximum atomic E-state index is 14.3. The van der Waals surface area contributed by atoms with E-state index in [4.69, 9.17) is 4.74 Å². The van der Waals surface area contributed by atoms with E-state index >= 15 is 0 Å². The van der Waals surface area contributed by atoms with Crippen molar-refractivity contribution in [2.75, 3.05) is 26.7 Å². The van der Waals surface area contributed by atoms with Crippen LogP contribution in [-0.2, 0) is 0 Å². The first-order chi connectivity index (χ1) is 10.9. The van der Waals surface area contributed by atoms with Gasteiger partial charge in [-0.25, -0.2) is 8.78 Å². The number of ether oxygens (including phenoxy) is 1. The third-order valence-corrected chi connectivity index (χ3v) is 4.44. The molecule has 0 saturated carbocycles. The fraction of sp³-hybridized carbons (Fsp3) is 0.588. The number of halogens is 2. The van der Waals surface area contributed by atoms with Crippen LogP contribution in [0.15, 0.2) is 12.1 Å². The number of amides is 1. The Bertz CT molecular complexity index is 578. The Morgan fingerprint density at radius 2 is 2.04 bits per heavy atom. The molecule has 1 aromatic carbocycles. The molecular weight excluding hydrogens is 302 g/mol. The normalized spacial score (nSPS) is 19.3. The number of piperazine rings is 1. The van der Waals surface area contributed by atoms with E-state index in [1.165, 1.54) is 18.1 Å². The van der Waals surface area contributed by atoms with Gasteiger partial charge in [-0.2, -0.15) is 0 Å². The topological polar surface area (TPSA) is 32.8 Å². The second-order valence-electron chi connectivity index (χ2n) is 6.08. The molecule has 1 aliphatic heterocycles. The van der Waals surface area contributed by atoms with Gasteiger partial charge in [-0.3, -0.25) is 9.69 Å². The number of nitrogens with zero attached hydrogens (tertiary/aromatic N) is 2. The van der Waals surface area contributed by atoms with Gasteiger partial charge < -0.3 is 9.64 Å².